The van der Waals surface area contributed by atoms with Crippen LogP contribution in [0, 0.1) is 0 Å². The highest BCUT2D eigenvalue weighted by Crippen LogP contribution is 2.47. The molecule has 51 heavy (non-hydrogen) atoms. The van der Waals surface area contributed by atoms with Crippen LogP contribution in [-0.2, 0) is 0 Å². The molecule has 0 spiro atoms. The smallest absolute Gasteiger partial charge is 0.136 e. The molecule has 10 aromatic rings. The van der Waals surface area contributed by atoms with E-state index >= 15 is 0 Å². The number of benzene rings is 8. The molecule has 0 bridgehead atoms. The van der Waals surface area contributed by atoms with Crippen molar-refractivity contribution in [2.75, 3.05) is 4.90 Å². The van der Waals surface area contributed by atoms with Crippen LogP contribution in [0.25, 0.3) is 71.7 Å². The van der Waals surface area contributed by atoms with Crippen molar-refractivity contribution in [2.45, 2.75) is 0 Å². The van der Waals surface area contributed by atoms with E-state index in [-0.39, 0.29) is 0 Å². The Balaban J connectivity index is 1.26. The van der Waals surface area contributed by atoms with Crippen LogP contribution in [0.2, 0.25) is 0 Å². The van der Waals surface area contributed by atoms with Crippen molar-refractivity contribution >= 4 is 60.8 Å². The van der Waals surface area contributed by atoms with Crippen molar-refractivity contribution < 1.29 is 4.42 Å². The van der Waals surface area contributed by atoms with Gasteiger partial charge in [0.1, 0.15) is 11.2 Å². The summed E-state index contributed by atoms with van der Waals surface area (Å²) in [7, 11) is 0. The zero-order valence-corrected chi connectivity index (χ0v) is 27.8. The van der Waals surface area contributed by atoms with E-state index in [9.17, 15) is 0 Å². The molecule has 0 aliphatic rings. The Bertz CT molecular complexity index is 2850. The van der Waals surface area contributed by atoms with Crippen molar-refractivity contribution in [1.82, 2.24) is 4.57 Å². The maximum absolute atomic E-state index is 6.45. The van der Waals surface area contributed by atoms with Crippen LogP contribution in [0.3, 0.4) is 0 Å². The molecule has 3 heteroatoms. The summed E-state index contributed by atoms with van der Waals surface area (Å²) in [4.78, 5) is 2.40. The third-order valence-corrected chi connectivity index (χ3v) is 9.98. The number of rotatable bonds is 6. The molecule has 0 saturated heterocycles. The molecule has 10 rings (SSSR count). The molecule has 0 fully saturated rings. The first kappa shape index (κ1) is 29.1. The molecule has 0 radical (unpaired) electrons. The van der Waals surface area contributed by atoms with Crippen molar-refractivity contribution in [3.05, 3.63) is 194 Å². The van der Waals surface area contributed by atoms with E-state index in [2.05, 4.69) is 191 Å². The molecule has 0 unspecified atom stereocenters. The SMILES string of the molecule is c1ccc(-c2cccc(N(c3ccccc3)c3ccc4c5ccccc5n(-c5ccccc5)c4c3)c2-c2ccc3c(c2)oc2ccccc23)cc1. The first-order valence-corrected chi connectivity index (χ1v) is 17.4. The second-order valence-electron chi connectivity index (χ2n) is 12.9. The number of furan rings is 1. The van der Waals surface area contributed by atoms with Crippen LogP contribution in [0.4, 0.5) is 17.1 Å². The van der Waals surface area contributed by atoms with E-state index < -0.39 is 0 Å². The fourth-order valence-corrected chi connectivity index (χ4v) is 7.73. The molecule has 240 valence electrons. The highest BCUT2D eigenvalue weighted by Gasteiger charge is 2.23. The van der Waals surface area contributed by atoms with E-state index in [4.69, 9.17) is 4.42 Å². The van der Waals surface area contributed by atoms with Gasteiger partial charge in [0.25, 0.3) is 0 Å². The predicted octanol–water partition coefficient (Wildman–Crippen LogP) is 13.5. The lowest BCUT2D eigenvalue weighted by Crippen LogP contribution is -2.12. The van der Waals surface area contributed by atoms with Crippen molar-refractivity contribution in [1.29, 1.82) is 0 Å². The summed E-state index contributed by atoms with van der Waals surface area (Å²) in [5.74, 6) is 0. The van der Waals surface area contributed by atoms with Gasteiger partial charge in [0.15, 0.2) is 0 Å². The number of anilines is 3. The average Bonchev–Trinajstić information content (AvgIpc) is 3.74. The molecular formula is C48H32N2O. The molecule has 8 aromatic carbocycles. The summed E-state index contributed by atoms with van der Waals surface area (Å²) < 4.78 is 8.83. The highest BCUT2D eigenvalue weighted by molar-refractivity contribution is 6.11. The Morgan fingerprint density at radius 1 is 0.392 bits per heavy atom. The van der Waals surface area contributed by atoms with Gasteiger partial charge in [-0.15, -0.1) is 0 Å². The van der Waals surface area contributed by atoms with Crippen LogP contribution < -0.4 is 4.90 Å². The minimum absolute atomic E-state index is 0.877. The number of hydrogen-bond acceptors (Lipinski definition) is 2. The van der Waals surface area contributed by atoms with Gasteiger partial charge in [-0.1, -0.05) is 127 Å². The fourth-order valence-electron chi connectivity index (χ4n) is 7.73. The van der Waals surface area contributed by atoms with E-state index in [0.717, 1.165) is 72.5 Å². The van der Waals surface area contributed by atoms with Gasteiger partial charge in [-0.3, -0.25) is 0 Å². The van der Waals surface area contributed by atoms with Gasteiger partial charge in [-0.05, 0) is 83.4 Å². The van der Waals surface area contributed by atoms with Crippen molar-refractivity contribution in [3.63, 3.8) is 0 Å². The lowest BCUT2D eigenvalue weighted by Gasteiger charge is -2.29. The molecule has 3 nitrogen and oxygen atoms in total. The topological polar surface area (TPSA) is 21.3 Å². The summed E-state index contributed by atoms with van der Waals surface area (Å²) in [6, 6.07) is 69.2. The van der Waals surface area contributed by atoms with Gasteiger partial charge in [0.05, 0.1) is 16.7 Å². The average molecular weight is 653 g/mol. The monoisotopic (exact) mass is 652 g/mol. The molecule has 2 aromatic heterocycles. The number of para-hydroxylation sites is 4. The fraction of sp³-hybridized carbons (Fsp3) is 0. The zero-order valence-electron chi connectivity index (χ0n) is 27.8. The number of hydrogen-bond donors (Lipinski definition) is 0. The van der Waals surface area contributed by atoms with Crippen molar-refractivity contribution in [2.24, 2.45) is 0 Å². The minimum Gasteiger partial charge on any atom is -0.456 e. The lowest BCUT2D eigenvalue weighted by molar-refractivity contribution is 0.669. The van der Waals surface area contributed by atoms with Crippen LogP contribution >= 0.6 is 0 Å². The van der Waals surface area contributed by atoms with Gasteiger partial charge < -0.3 is 13.9 Å². The maximum Gasteiger partial charge on any atom is 0.136 e. The molecule has 0 amide bonds. The van der Waals surface area contributed by atoms with Gasteiger partial charge in [-0.25, -0.2) is 0 Å². The highest BCUT2D eigenvalue weighted by atomic mass is 16.3. The van der Waals surface area contributed by atoms with Gasteiger partial charge in [-0.2, -0.15) is 0 Å². The van der Waals surface area contributed by atoms with Crippen LogP contribution in [0.5, 0.6) is 0 Å². The Morgan fingerprint density at radius 3 is 1.86 bits per heavy atom. The summed E-state index contributed by atoms with van der Waals surface area (Å²) in [6.07, 6.45) is 0. The van der Waals surface area contributed by atoms with Gasteiger partial charge in [0.2, 0.25) is 0 Å². The molecule has 0 saturated carbocycles. The third-order valence-electron chi connectivity index (χ3n) is 9.98. The molecule has 0 aliphatic carbocycles. The minimum atomic E-state index is 0.877. The van der Waals surface area contributed by atoms with Crippen LogP contribution in [0.15, 0.2) is 199 Å². The molecule has 0 atom stereocenters. The Hall–Kier alpha value is -6.84. The Labute approximate surface area is 295 Å². The normalized spacial score (nSPS) is 11.5. The number of nitrogens with zero attached hydrogens (tertiary/aromatic N) is 2. The Morgan fingerprint density at radius 2 is 1.04 bits per heavy atom. The van der Waals surface area contributed by atoms with E-state index in [0.29, 0.717) is 0 Å². The quantitative estimate of drug-likeness (QED) is 0.178. The first-order chi connectivity index (χ1) is 25.3. The number of fused-ring (bicyclic) bond motifs is 6. The summed E-state index contributed by atoms with van der Waals surface area (Å²) in [5, 5.41) is 4.70. The predicted molar refractivity (Wildman–Crippen MR) is 214 cm³/mol. The molecule has 0 aliphatic heterocycles. The number of aromatic nitrogens is 1. The second-order valence-corrected chi connectivity index (χ2v) is 12.9. The van der Waals surface area contributed by atoms with Crippen LogP contribution in [0.1, 0.15) is 0 Å². The molecular weight excluding hydrogens is 621 g/mol. The summed E-state index contributed by atoms with van der Waals surface area (Å²) in [5.41, 5.74) is 13.0. The van der Waals surface area contributed by atoms with E-state index in [1.165, 1.54) is 16.3 Å². The standard InChI is InChI=1S/C48H32N2O/c1-4-15-33(16-5-1)38-23-14-25-44(48(38)34-27-29-42-41-22-11-13-26-46(41)51-47(42)31-34)49(35-17-6-2-7-18-35)37-28-30-40-39-21-10-12-24-43(39)50(45(40)32-37)36-19-8-3-9-20-36/h1-32H. The first-order valence-electron chi connectivity index (χ1n) is 17.4. The zero-order chi connectivity index (χ0) is 33.7. The summed E-state index contributed by atoms with van der Waals surface area (Å²) in [6.45, 7) is 0. The third kappa shape index (κ3) is 4.82. The lowest BCUT2D eigenvalue weighted by atomic mass is 9.91. The van der Waals surface area contributed by atoms with Gasteiger partial charge in [0, 0.05) is 44.2 Å². The molecule has 0 N–H and O–H groups in total. The van der Waals surface area contributed by atoms with Gasteiger partial charge >= 0.3 is 0 Å². The van der Waals surface area contributed by atoms with Crippen LogP contribution in [-0.4, -0.2) is 4.57 Å². The van der Waals surface area contributed by atoms with Crippen molar-refractivity contribution in [3.8, 4) is 27.9 Å². The molecule has 2 heterocycles. The van der Waals surface area contributed by atoms with E-state index in [1.807, 2.05) is 12.1 Å². The Kier molecular flexibility index (Phi) is 6.81. The largest absolute Gasteiger partial charge is 0.456 e. The maximum atomic E-state index is 6.45. The van der Waals surface area contributed by atoms with E-state index in [1.54, 1.807) is 0 Å². The summed E-state index contributed by atoms with van der Waals surface area (Å²) >= 11 is 0. The second kappa shape index (κ2) is 11.9.